The molecule has 140 valence electrons. The number of likely N-dealkylation sites (tertiary alicyclic amines) is 1. The fourth-order valence-electron chi connectivity index (χ4n) is 3.26. The standard InChI is InChI=1S/C21H28IN3O/c1-16(2)26-21-5-3-4-20(24-21)14-23-19-10-12-25(13-11-19)15-17-6-8-18(22)9-7-17/h3-9,16,19,23H,10-15H2,1-2H3. The zero-order chi connectivity index (χ0) is 18.4. The van der Waals surface area contributed by atoms with Gasteiger partial charge in [-0.3, -0.25) is 4.90 Å². The average Bonchev–Trinajstić information content (AvgIpc) is 2.63. The van der Waals surface area contributed by atoms with Crippen molar-refractivity contribution in [2.75, 3.05) is 13.1 Å². The van der Waals surface area contributed by atoms with E-state index >= 15 is 0 Å². The minimum atomic E-state index is 0.156. The van der Waals surface area contributed by atoms with Gasteiger partial charge in [0, 0.05) is 28.8 Å². The molecule has 0 bridgehead atoms. The third kappa shape index (κ3) is 6.21. The van der Waals surface area contributed by atoms with E-state index in [0.29, 0.717) is 11.9 Å². The quantitative estimate of drug-likeness (QED) is 0.622. The maximum Gasteiger partial charge on any atom is 0.213 e. The van der Waals surface area contributed by atoms with Gasteiger partial charge in [0.05, 0.1) is 11.8 Å². The van der Waals surface area contributed by atoms with Crippen molar-refractivity contribution < 1.29 is 4.74 Å². The highest BCUT2D eigenvalue weighted by Crippen LogP contribution is 2.16. The molecular formula is C21H28IN3O. The number of nitrogens with one attached hydrogen (secondary N) is 1. The number of rotatable bonds is 7. The molecule has 0 radical (unpaired) electrons. The Morgan fingerprint density at radius 2 is 1.88 bits per heavy atom. The first-order valence-electron chi connectivity index (χ1n) is 9.41. The lowest BCUT2D eigenvalue weighted by atomic mass is 10.0. The van der Waals surface area contributed by atoms with Gasteiger partial charge < -0.3 is 10.1 Å². The van der Waals surface area contributed by atoms with Gasteiger partial charge in [0.15, 0.2) is 0 Å². The first kappa shape index (κ1) is 19.6. The molecule has 0 aliphatic carbocycles. The number of hydrogen-bond donors (Lipinski definition) is 1. The molecule has 0 saturated carbocycles. The molecule has 2 heterocycles. The van der Waals surface area contributed by atoms with Crippen molar-refractivity contribution in [2.45, 2.75) is 51.9 Å². The summed E-state index contributed by atoms with van der Waals surface area (Å²) in [4.78, 5) is 7.13. The molecule has 0 spiro atoms. The average molecular weight is 465 g/mol. The van der Waals surface area contributed by atoms with Crippen molar-refractivity contribution in [3.8, 4) is 5.88 Å². The van der Waals surface area contributed by atoms with Crippen molar-refractivity contribution in [2.24, 2.45) is 0 Å². The second-order valence-corrected chi connectivity index (χ2v) is 8.44. The first-order valence-corrected chi connectivity index (χ1v) is 10.5. The highest BCUT2D eigenvalue weighted by molar-refractivity contribution is 14.1. The lowest BCUT2D eigenvalue weighted by Crippen LogP contribution is -2.41. The SMILES string of the molecule is CC(C)Oc1cccc(CNC2CCN(Cc3ccc(I)cc3)CC2)n1. The first-order chi connectivity index (χ1) is 12.6. The summed E-state index contributed by atoms with van der Waals surface area (Å²) in [7, 11) is 0. The number of halogens is 1. The lowest BCUT2D eigenvalue weighted by molar-refractivity contribution is 0.189. The Morgan fingerprint density at radius 3 is 2.58 bits per heavy atom. The molecule has 2 aromatic rings. The van der Waals surface area contributed by atoms with E-state index in [1.54, 1.807) is 0 Å². The normalized spacial score (nSPS) is 16.2. The van der Waals surface area contributed by atoms with E-state index in [1.165, 1.54) is 22.0 Å². The van der Waals surface area contributed by atoms with Gasteiger partial charge in [-0.15, -0.1) is 0 Å². The molecular weight excluding hydrogens is 437 g/mol. The molecule has 0 atom stereocenters. The molecule has 0 amide bonds. The summed E-state index contributed by atoms with van der Waals surface area (Å²) in [5.41, 5.74) is 2.45. The largest absolute Gasteiger partial charge is 0.475 e. The van der Waals surface area contributed by atoms with Gasteiger partial charge in [-0.25, -0.2) is 4.98 Å². The van der Waals surface area contributed by atoms with E-state index in [4.69, 9.17) is 4.74 Å². The maximum absolute atomic E-state index is 5.68. The lowest BCUT2D eigenvalue weighted by Gasteiger charge is -2.32. The van der Waals surface area contributed by atoms with Crippen LogP contribution in [-0.4, -0.2) is 35.1 Å². The molecule has 1 fully saturated rings. The Kier molecular flexibility index (Phi) is 7.28. The van der Waals surface area contributed by atoms with Gasteiger partial charge in [0.2, 0.25) is 5.88 Å². The van der Waals surface area contributed by atoms with Crippen LogP contribution in [0.25, 0.3) is 0 Å². The minimum Gasteiger partial charge on any atom is -0.475 e. The third-order valence-corrected chi connectivity index (χ3v) is 5.34. The molecule has 1 N–H and O–H groups in total. The van der Waals surface area contributed by atoms with Crippen LogP contribution in [0, 0.1) is 3.57 Å². The molecule has 5 heteroatoms. The van der Waals surface area contributed by atoms with E-state index < -0.39 is 0 Å². The summed E-state index contributed by atoms with van der Waals surface area (Å²) in [6, 6.07) is 15.4. The molecule has 1 aromatic carbocycles. The van der Waals surface area contributed by atoms with E-state index in [0.717, 1.165) is 31.9 Å². The Hall–Kier alpha value is -1.18. The number of piperidine rings is 1. The maximum atomic E-state index is 5.68. The van der Waals surface area contributed by atoms with Crippen LogP contribution >= 0.6 is 22.6 Å². The highest BCUT2D eigenvalue weighted by atomic mass is 127. The predicted octanol–water partition coefficient (Wildman–Crippen LogP) is 4.23. The van der Waals surface area contributed by atoms with Crippen LogP contribution in [-0.2, 0) is 13.1 Å². The van der Waals surface area contributed by atoms with Gasteiger partial charge in [-0.1, -0.05) is 18.2 Å². The van der Waals surface area contributed by atoms with Crippen LogP contribution in [0.5, 0.6) is 5.88 Å². The Labute approximate surface area is 170 Å². The topological polar surface area (TPSA) is 37.4 Å². The number of nitrogens with zero attached hydrogens (tertiary/aromatic N) is 2. The van der Waals surface area contributed by atoms with E-state index in [1.807, 2.05) is 26.0 Å². The van der Waals surface area contributed by atoms with Gasteiger partial charge in [0.1, 0.15) is 0 Å². The summed E-state index contributed by atoms with van der Waals surface area (Å²) in [6.07, 6.45) is 2.53. The van der Waals surface area contributed by atoms with Crippen molar-refractivity contribution in [3.05, 3.63) is 57.3 Å². The molecule has 1 aliphatic heterocycles. The summed E-state index contributed by atoms with van der Waals surface area (Å²) in [5.74, 6) is 0.714. The zero-order valence-electron chi connectivity index (χ0n) is 15.6. The van der Waals surface area contributed by atoms with Crippen LogP contribution in [0.4, 0.5) is 0 Å². The second-order valence-electron chi connectivity index (χ2n) is 7.19. The van der Waals surface area contributed by atoms with Gasteiger partial charge in [-0.2, -0.15) is 0 Å². The second kappa shape index (κ2) is 9.67. The van der Waals surface area contributed by atoms with Gasteiger partial charge in [0.25, 0.3) is 0 Å². The molecule has 1 aliphatic rings. The molecule has 26 heavy (non-hydrogen) atoms. The molecule has 0 unspecified atom stereocenters. The van der Waals surface area contributed by atoms with Crippen LogP contribution in [0.2, 0.25) is 0 Å². The van der Waals surface area contributed by atoms with E-state index in [9.17, 15) is 0 Å². The van der Waals surface area contributed by atoms with Gasteiger partial charge in [-0.05, 0) is 86.1 Å². The number of pyridine rings is 1. The molecule has 3 rings (SSSR count). The third-order valence-electron chi connectivity index (χ3n) is 4.62. The Morgan fingerprint density at radius 1 is 1.15 bits per heavy atom. The summed E-state index contributed by atoms with van der Waals surface area (Å²) >= 11 is 2.36. The van der Waals surface area contributed by atoms with Crippen molar-refractivity contribution in [1.29, 1.82) is 0 Å². The fourth-order valence-corrected chi connectivity index (χ4v) is 3.61. The summed E-state index contributed by atoms with van der Waals surface area (Å²) in [5, 5.41) is 3.66. The number of hydrogen-bond acceptors (Lipinski definition) is 4. The van der Waals surface area contributed by atoms with E-state index in [-0.39, 0.29) is 6.10 Å². The summed E-state index contributed by atoms with van der Waals surface area (Å²) < 4.78 is 6.98. The van der Waals surface area contributed by atoms with Gasteiger partial charge >= 0.3 is 0 Å². The Balaban J connectivity index is 1.42. The van der Waals surface area contributed by atoms with E-state index in [2.05, 4.69) is 68.1 Å². The van der Waals surface area contributed by atoms with Crippen molar-refractivity contribution >= 4 is 22.6 Å². The smallest absolute Gasteiger partial charge is 0.213 e. The summed E-state index contributed by atoms with van der Waals surface area (Å²) in [6.45, 7) is 8.20. The fraction of sp³-hybridized carbons (Fsp3) is 0.476. The zero-order valence-corrected chi connectivity index (χ0v) is 17.8. The number of benzene rings is 1. The molecule has 1 aromatic heterocycles. The molecule has 1 saturated heterocycles. The Bertz CT molecular complexity index is 682. The highest BCUT2D eigenvalue weighted by Gasteiger charge is 2.19. The number of ether oxygens (including phenoxy) is 1. The minimum absolute atomic E-state index is 0.156. The monoisotopic (exact) mass is 465 g/mol. The number of aromatic nitrogens is 1. The van der Waals surface area contributed by atoms with Crippen LogP contribution in [0.1, 0.15) is 37.9 Å². The van der Waals surface area contributed by atoms with Crippen molar-refractivity contribution in [1.82, 2.24) is 15.2 Å². The van der Waals surface area contributed by atoms with Crippen LogP contribution in [0.3, 0.4) is 0 Å². The van der Waals surface area contributed by atoms with Crippen molar-refractivity contribution in [3.63, 3.8) is 0 Å². The predicted molar refractivity (Wildman–Crippen MR) is 114 cm³/mol. The van der Waals surface area contributed by atoms with Crippen LogP contribution in [0.15, 0.2) is 42.5 Å². The van der Waals surface area contributed by atoms with Crippen LogP contribution < -0.4 is 10.1 Å². The molecule has 4 nitrogen and oxygen atoms in total.